The van der Waals surface area contributed by atoms with Crippen molar-refractivity contribution in [2.45, 2.75) is 0 Å². The van der Waals surface area contributed by atoms with Crippen LogP contribution in [0.4, 0.5) is 5.69 Å². The van der Waals surface area contributed by atoms with Gasteiger partial charge in [0.05, 0.1) is 15.1 Å². The molecule has 0 heterocycles. The summed E-state index contributed by atoms with van der Waals surface area (Å²) < 4.78 is 10.0. The van der Waals surface area contributed by atoms with Gasteiger partial charge in [0.1, 0.15) is 5.75 Å². The second-order valence-corrected chi connectivity index (χ2v) is 6.95. The number of carbonyl (C=O) groups is 2. The Balaban J connectivity index is 1.81. The summed E-state index contributed by atoms with van der Waals surface area (Å²) in [5, 5.41) is 3.87. The Morgan fingerprint density at radius 1 is 0.808 bits per heavy atom. The largest absolute Gasteiger partial charge is 0.480 e. The molecule has 1 N–H and O–H groups in total. The number of benzene rings is 2. The van der Waals surface area contributed by atoms with E-state index >= 15 is 0 Å². The predicted molar refractivity (Wildman–Crippen MR) is 103 cm³/mol. The van der Waals surface area contributed by atoms with Crippen LogP contribution in [-0.4, -0.2) is 25.1 Å². The standard InChI is InChI=1S/C16H10Cl5NO4/c17-8-1-9(18)3-10(2-8)22-15(23)6-26-16(24)7-25-14-5-12(20)11(19)4-13(14)21/h1-5H,6-7H2,(H,22,23). The van der Waals surface area contributed by atoms with E-state index in [2.05, 4.69) is 5.32 Å². The minimum atomic E-state index is -0.772. The summed E-state index contributed by atoms with van der Waals surface area (Å²) in [6.45, 7) is -0.977. The molecule has 0 aliphatic carbocycles. The van der Waals surface area contributed by atoms with Crippen LogP contribution in [0.1, 0.15) is 0 Å². The second kappa shape index (κ2) is 9.53. The summed E-state index contributed by atoms with van der Waals surface area (Å²) in [6, 6.07) is 7.28. The molecule has 26 heavy (non-hydrogen) atoms. The molecule has 0 atom stereocenters. The molecular formula is C16H10Cl5NO4. The summed E-state index contributed by atoms with van der Waals surface area (Å²) in [5.74, 6) is -1.17. The highest BCUT2D eigenvalue weighted by Crippen LogP contribution is 2.33. The number of anilines is 1. The van der Waals surface area contributed by atoms with Crippen molar-refractivity contribution in [1.29, 1.82) is 0 Å². The molecule has 2 rings (SSSR count). The number of ether oxygens (including phenoxy) is 2. The topological polar surface area (TPSA) is 64.6 Å². The van der Waals surface area contributed by atoms with Crippen LogP contribution >= 0.6 is 58.0 Å². The van der Waals surface area contributed by atoms with Crippen molar-refractivity contribution >= 4 is 75.6 Å². The Labute approximate surface area is 174 Å². The van der Waals surface area contributed by atoms with E-state index in [-0.39, 0.29) is 20.8 Å². The van der Waals surface area contributed by atoms with Gasteiger partial charge in [-0.05, 0) is 24.3 Å². The van der Waals surface area contributed by atoms with Crippen molar-refractivity contribution in [2.75, 3.05) is 18.5 Å². The summed E-state index contributed by atoms with van der Waals surface area (Å²) in [5.41, 5.74) is 0.377. The fraction of sp³-hybridized carbons (Fsp3) is 0.125. The van der Waals surface area contributed by atoms with Crippen LogP contribution in [0.15, 0.2) is 30.3 Å². The van der Waals surface area contributed by atoms with Gasteiger partial charge in [0.25, 0.3) is 5.91 Å². The van der Waals surface area contributed by atoms with Gasteiger partial charge in [0.15, 0.2) is 13.2 Å². The van der Waals surface area contributed by atoms with Gasteiger partial charge in [-0.3, -0.25) is 4.79 Å². The molecule has 0 aliphatic rings. The highest BCUT2D eigenvalue weighted by atomic mass is 35.5. The fourth-order valence-electron chi connectivity index (χ4n) is 1.76. The molecule has 2 aromatic rings. The normalized spacial score (nSPS) is 10.3. The lowest BCUT2D eigenvalue weighted by atomic mass is 10.3. The van der Waals surface area contributed by atoms with E-state index in [1.807, 2.05) is 0 Å². The molecule has 0 fully saturated rings. The Morgan fingerprint density at radius 3 is 2.08 bits per heavy atom. The van der Waals surface area contributed by atoms with Gasteiger partial charge in [-0.15, -0.1) is 0 Å². The number of carbonyl (C=O) groups excluding carboxylic acids is 2. The minimum absolute atomic E-state index is 0.163. The Bertz CT molecular complexity index is 823. The second-order valence-electron chi connectivity index (χ2n) is 4.85. The maximum Gasteiger partial charge on any atom is 0.344 e. The maximum absolute atomic E-state index is 11.8. The van der Waals surface area contributed by atoms with Crippen LogP contribution < -0.4 is 10.1 Å². The molecule has 10 heteroatoms. The van der Waals surface area contributed by atoms with Crippen LogP contribution in [0.25, 0.3) is 0 Å². The molecule has 0 bridgehead atoms. The summed E-state index contributed by atoms with van der Waals surface area (Å²) in [7, 11) is 0. The quantitative estimate of drug-likeness (QED) is 0.459. The predicted octanol–water partition coefficient (Wildman–Crippen LogP) is 5.51. The van der Waals surface area contributed by atoms with Gasteiger partial charge >= 0.3 is 5.97 Å². The van der Waals surface area contributed by atoms with E-state index in [0.717, 1.165) is 0 Å². The zero-order valence-corrected chi connectivity index (χ0v) is 16.6. The van der Waals surface area contributed by atoms with E-state index in [1.54, 1.807) is 0 Å². The molecule has 0 radical (unpaired) electrons. The Kier molecular flexibility index (Phi) is 7.68. The summed E-state index contributed by atoms with van der Waals surface area (Å²) in [6.07, 6.45) is 0. The van der Waals surface area contributed by atoms with Crippen LogP contribution in [0.5, 0.6) is 5.75 Å². The molecule has 2 aromatic carbocycles. The average molecular weight is 458 g/mol. The third kappa shape index (κ3) is 6.41. The van der Waals surface area contributed by atoms with Crippen molar-refractivity contribution < 1.29 is 19.1 Å². The molecule has 1 amide bonds. The average Bonchev–Trinajstić information content (AvgIpc) is 2.54. The van der Waals surface area contributed by atoms with Gasteiger partial charge in [0, 0.05) is 21.8 Å². The van der Waals surface area contributed by atoms with E-state index in [1.165, 1.54) is 30.3 Å². The number of rotatable bonds is 6. The monoisotopic (exact) mass is 455 g/mol. The lowest BCUT2D eigenvalue weighted by Gasteiger charge is -2.10. The van der Waals surface area contributed by atoms with Crippen molar-refractivity contribution in [2.24, 2.45) is 0 Å². The molecule has 138 valence electrons. The molecule has 0 spiro atoms. The summed E-state index contributed by atoms with van der Waals surface area (Å²) >= 11 is 29.2. The van der Waals surface area contributed by atoms with Crippen molar-refractivity contribution in [3.63, 3.8) is 0 Å². The smallest absolute Gasteiger partial charge is 0.344 e. The van der Waals surface area contributed by atoms with E-state index < -0.39 is 25.1 Å². The first-order valence-electron chi connectivity index (χ1n) is 6.93. The van der Waals surface area contributed by atoms with Crippen LogP contribution in [0, 0.1) is 0 Å². The third-order valence-corrected chi connectivity index (χ3v) is 4.28. The number of amides is 1. The molecule has 0 aliphatic heterocycles. The van der Waals surface area contributed by atoms with Crippen LogP contribution in [0.2, 0.25) is 25.1 Å². The molecule has 0 aromatic heterocycles. The van der Waals surface area contributed by atoms with E-state index in [9.17, 15) is 9.59 Å². The number of esters is 1. The van der Waals surface area contributed by atoms with E-state index in [0.29, 0.717) is 15.7 Å². The lowest BCUT2D eigenvalue weighted by molar-refractivity contribution is -0.149. The van der Waals surface area contributed by atoms with Crippen LogP contribution in [0.3, 0.4) is 0 Å². The molecule has 0 saturated carbocycles. The van der Waals surface area contributed by atoms with Crippen molar-refractivity contribution in [3.05, 3.63) is 55.4 Å². The van der Waals surface area contributed by atoms with E-state index in [4.69, 9.17) is 67.5 Å². The number of nitrogens with one attached hydrogen (secondary N) is 1. The molecule has 0 saturated heterocycles. The highest BCUT2D eigenvalue weighted by Gasteiger charge is 2.12. The highest BCUT2D eigenvalue weighted by molar-refractivity contribution is 6.43. The Hall–Kier alpha value is -1.37. The first-order chi connectivity index (χ1) is 12.2. The number of halogens is 5. The van der Waals surface area contributed by atoms with Crippen molar-refractivity contribution in [1.82, 2.24) is 0 Å². The van der Waals surface area contributed by atoms with Gasteiger partial charge in [-0.1, -0.05) is 58.0 Å². The van der Waals surface area contributed by atoms with Gasteiger partial charge in [0.2, 0.25) is 0 Å². The maximum atomic E-state index is 11.8. The lowest BCUT2D eigenvalue weighted by Crippen LogP contribution is -2.23. The fourth-order valence-corrected chi connectivity index (χ4v) is 2.88. The summed E-state index contributed by atoms with van der Waals surface area (Å²) in [4.78, 5) is 23.5. The van der Waals surface area contributed by atoms with Crippen molar-refractivity contribution in [3.8, 4) is 5.75 Å². The van der Waals surface area contributed by atoms with Gasteiger partial charge in [-0.2, -0.15) is 0 Å². The zero-order chi connectivity index (χ0) is 19.3. The Morgan fingerprint density at radius 2 is 1.42 bits per heavy atom. The number of hydrogen-bond acceptors (Lipinski definition) is 4. The molecule has 0 unspecified atom stereocenters. The first kappa shape index (κ1) is 20.9. The van der Waals surface area contributed by atoms with Gasteiger partial charge in [-0.25, -0.2) is 4.79 Å². The number of hydrogen-bond donors (Lipinski definition) is 1. The van der Waals surface area contributed by atoms with Crippen LogP contribution in [-0.2, 0) is 14.3 Å². The zero-order valence-electron chi connectivity index (χ0n) is 12.8. The SMILES string of the molecule is O=C(COC(=O)COc1cc(Cl)c(Cl)cc1Cl)Nc1cc(Cl)cc(Cl)c1. The first-order valence-corrected chi connectivity index (χ1v) is 8.82. The minimum Gasteiger partial charge on any atom is -0.480 e. The van der Waals surface area contributed by atoms with Gasteiger partial charge < -0.3 is 14.8 Å². The molecule has 5 nitrogen and oxygen atoms in total. The molecular weight excluding hydrogens is 447 g/mol. The third-order valence-electron chi connectivity index (χ3n) is 2.83.